The summed E-state index contributed by atoms with van der Waals surface area (Å²) < 4.78 is 42.1. The number of carbonyl (C=O) groups excluding carboxylic acids is 1. The van der Waals surface area contributed by atoms with Crippen LogP contribution in [0.2, 0.25) is 4.34 Å². The second-order valence-corrected chi connectivity index (χ2v) is 14.0. The van der Waals surface area contributed by atoms with Crippen LogP contribution in [0.25, 0.3) is 0 Å². The highest BCUT2D eigenvalue weighted by Gasteiger charge is 2.61. The Morgan fingerprint density at radius 2 is 1.91 bits per heavy atom. The van der Waals surface area contributed by atoms with Gasteiger partial charge in [0.2, 0.25) is 0 Å². The van der Waals surface area contributed by atoms with E-state index in [0.717, 1.165) is 43.4 Å². The third-order valence-corrected chi connectivity index (χ3v) is 11.4. The number of hydrogen-bond acceptors (Lipinski definition) is 7. The summed E-state index contributed by atoms with van der Waals surface area (Å²) in [6.45, 7) is 1.90. The van der Waals surface area contributed by atoms with Crippen LogP contribution in [0.1, 0.15) is 44.9 Å². The van der Waals surface area contributed by atoms with Crippen molar-refractivity contribution in [3.63, 3.8) is 0 Å². The molecule has 3 saturated heterocycles. The molecule has 5 fully saturated rings. The van der Waals surface area contributed by atoms with E-state index in [1.165, 1.54) is 0 Å². The summed E-state index contributed by atoms with van der Waals surface area (Å²) in [5.41, 5.74) is -0.822. The van der Waals surface area contributed by atoms with Gasteiger partial charge in [0.05, 0.1) is 23.6 Å². The van der Waals surface area contributed by atoms with Crippen LogP contribution in [0.3, 0.4) is 0 Å². The first kappa shape index (κ1) is 22.5. The molecule has 4 atom stereocenters. The summed E-state index contributed by atoms with van der Waals surface area (Å²) in [6, 6.07) is 3.07. The van der Waals surface area contributed by atoms with Crippen molar-refractivity contribution in [2.24, 2.45) is 5.92 Å². The number of fused-ring (bicyclic) bond motifs is 2. The molecule has 2 bridgehead atoms. The SMILES string of the molecule is O=C(OC1([C@H]2COC[C@@H](CC3CC3)N2S(=O)(=O)c2ccc(Cl)s2)CC1)N1CC2CCC(C1)N2. The predicted molar refractivity (Wildman–Crippen MR) is 124 cm³/mol. The average Bonchev–Trinajstić information content (AvgIpc) is 3.69. The zero-order valence-electron chi connectivity index (χ0n) is 18.4. The maximum atomic E-state index is 13.8. The molecule has 2 aliphatic carbocycles. The zero-order valence-corrected chi connectivity index (χ0v) is 20.8. The van der Waals surface area contributed by atoms with E-state index in [0.29, 0.717) is 54.9 Å². The van der Waals surface area contributed by atoms with Gasteiger partial charge in [0, 0.05) is 31.2 Å². The largest absolute Gasteiger partial charge is 0.441 e. The van der Waals surface area contributed by atoms with Crippen LogP contribution in [0.4, 0.5) is 4.79 Å². The fourth-order valence-corrected chi connectivity index (χ4v) is 9.16. The minimum Gasteiger partial charge on any atom is -0.441 e. The molecule has 0 radical (unpaired) electrons. The lowest BCUT2D eigenvalue weighted by atomic mass is 10.0. The minimum atomic E-state index is -3.80. The molecule has 2 saturated carbocycles. The lowest BCUT2D eigenvalue weighted by Crippen LogP contribution is -2.61. The first-order valence-electron chi connectivity index (χ1n) is 11.9. The fourth-order valence-electron chi connectivity index (χ4n) is 5.73. The van der Waals surface area contributed by atoms with Crippen molar-refractivity contribution in [1.82, 2.24) is 14.5 Å². The molecule has 0 spiro atoms. The summed E-state index contributed by atoms with van der Waals surface area (Å²) in [5, 5.41) is 3.53. The van der Waals surface area contributed by atoms with Gasteiger partial charge in [-0.15, -0.1) is 11.3 Å². The van der Waals surface area contributed by atoms with Crippen LogP contribution >= 0.6 is 22.9 Å². The van der Waals surface area contributed by atoms with Gasteiger partial charge in [-0.05, 0) is 50.2 Å². The number of amides is 1. The van der Waals surface area contributed by atoms with Gasteiger partial charge >= 0.3 is 6.09 Å². The van der Waals surface area contributed by atoms with Crippen molar-refractivity contribution in [1.29, 1.82) is 0 Å². The van der Waals surface area contributed by atoms with Crippen LogP contribution in [-0.2, 0) is 19.5 Å². The standard InChI is InChI=1S/C22H30ClN3O5S2/c23-19-5-6-20(32-19)33(28,29)26-17(9-14-1-2-14)12-30-13-18(26)22(7-8-22)31-21(27)25-10-15-3-4-16(11-25)24-15/h5-6,14-18,24H,1-4,7-13H2/t15?,16?,17-,18-/m1/s1. The molecule has 4 heterocycles. The monoisotopic (exact) mass is 515 g/mol. The van der Waals surface area contributed by atoms with E-state index < -0.39 is 21.7 Å². The fraction of sp³-hybridized carbons (Fsp3) is 0.773. The number of likely N-dealkylation sites (tertiary alicyclic amines) is 1. The number of hydrogen-bond donors (Lipinski definition) is 1. The van der Waals surface area contributed by atoms with Crippen LogP contribution in [0, 0.1) is 5.92 Å². The summed E-state index contributed by atoms with van der Waals surface area (Å²) >= 11 is 7.16. The van der Waals surface area contributed by atoms with Crippen LogP contribution in [-0.4, -0.2) is 79.8 Å². The van der Waals surface area contributed by atoms with Gasteiger partial charge in [-0.25, -0.2) is 13.2 Å². The van der Waals surface area contributed by atoms with Gasteiger partial charge in [-0.2, -0.15) is 4.31 Å². The summed E-state index contributed by atoms with van der Waals surface area (Å²) in [4.78, 5) is 15.0. The Bertz CT molecular complexity index is 1010. The Hall–Kier alpha value is -0.910. The molecule has 11 heteroatoms. The van der Waals surface area contributed by atoms with Gasteiger partial charge in [0.1, 0.15) is 9.81 Å². The number of ether oxygens (including phenoxy) is 2. The van der Waals surface area contributed by atoms with Gasteiger partial charge in [0.15, 0.2) is 0 Å². The minimum absolute atomic E-state index is 0.236. The van der Waals surface area contributed by atoms with Gasteiger partial charge in [-0.3, -0.25) is 0 Å². The number of piperazine rings is 1. The second-order valence-electron chi connectivity index (χ2n) is 10.3. The number of halogens is 1. The highest BCUT2D eigenvalue weighted by molar-refractivity contribution is 7.91. The molecule has 6 rings (SSSR count). The van der Waals surface area contributed by atoms with E-state index in [-0.39, 0.29) is 23.0 Å². The van der Waals surface area contributed by atoms with Crippen LogP contribution < -0.4 is 5.32 Å². The molecule has 182 valence electrons. The van der Waals surface area contributed by atoms with E-state index in [1.54, 1.807) is 21.3 Å². The Balaban J connectivity index is 1.27. The molecule has 8 nitrogen and oxygen atoms in total. The van der Waals surface area contributed by atoms with Gasteiger partial charge in [-0.1, -0.05) is 24.4 Å². The number of nitrogens with zero attached hydrogens (tertiary/aromatic N) is 2. The van der Waals surface area contributed by atoms with Crippen molar-refractivity contribution < 1.29 is 22.7 Å². The molecule has 1 N–H and O–H groups in total. The average molecular weight is 516 g/mol. The molecule has 33 heavy (non-hydrogen) atoms. The number of nitrogens with one attached hydrogen (secondary N) is 1. The second kappa shape index (κ2) is 8.34. The first-order chi connectivity index (χ1) is 15.8. The Morgan fingerprint density at radius 1 is 1.18 bits per heavy atom. The van der Waals surface area contributed by atoms with Crippen molar-refractivity contribution >= 4 is 39.1 Å². The number of sulfonamides is 1. The first-order valence-corrected chi connectivity index (χ1v) is 14.6. The normalized spacial score (nSPS) is 33.8. The maximum absolute atomic E-state index is 13.8. The number of carbonyl (C=O) groups is 1. The van der Waals surface area contributed by atoms with E-state index >= 15 is 0 Å². The number of rotatable bonds is 6. The van der Waals surface area contributed by atoms with E-state index in [9.17, 15) is 13.2 Å². The van der Waals surface area contributed by atoms with Gasteiger partial charge < -0.3 is 19.7 Å². The predicted octanol–water partition coefficient (Wildman–Crippen LogP) is 3.07. The Kier molecular flexibility index (Phi) is 5.70. The molecular formula is C22H30ClN3O5S2. The Morgan fingerprint density at radius 3 is 2.52 bits per heavy atom. The highest BCUT2D eigenvalue weighted by Crippen LogP contribution is 2.49. The van der Waals surface area contributed by atoms with Crippen molar-refractivity contribution in [3.8, 4) is 0 Å². The summed E-state index contributed by atoms with van der Waals surface area (Å²) in [5.74, 6) is 0.538. The van der Waals surface area contributed by atoms with Crippen molar-refractivity contribution in [2.75, 3.05) is 26.3 Å². The third kappa shape index (κ3) is 4.31. The smallest absolute Gasteiger partial charge is 0.410 e. The van der Waals surface area contributed by atoms with E-state index in [2.05, 4.69) is 5.32 Å². The molecule has 1 aromatic rings. The maximum Gasteiger partial charge on any atom is 0.410 e. The van der Waals surface area contributed by atoms with Crippen LogP contribution in [0.5, 0.6) is 0 Å². The molecule has 1 aromatic heterocycles. The van der Waals surface area contributed by atoms with Crippen molar-refractivity contribution in [2.45, 2.75) is 78.9 Å². The number of thiophene rings is 1. The third-order valence-electron chi connectivity index (χ3n) is 7.75. The molecule has 2 unspecified atom stereocenters. The van der Waals surface area contributed by atoms with Crippen LogP contribution in [0.15, 0.2) is 16.3 Å². The molecule has 5 aliphatic rings. The van der Waals surface area contributed by atoms with E-state index in [4.69, 9.17) is 21.1 Å². The van der Waals surface area contributed by atoms with Crippen molar-refractivity contribution in [3.05, 3.63) is 16.5 Å². The topological polar surface area (TPSA) is 88.2 Å². The quantitative estimate of drug-likeness (QED) is 0.626. The Labute approximate surface area is 203 Å². The highest BCUT2D eigenvalue weighted by atomic mass is 35.5. The summed E-state index contributed by atoms with van der Waals surface area (Å²) in [6.07, 6.45) is 6.17. The number of morpholine rings is 1. The van der Waals surface area contributed by atoms with Gasteiger partial charge in [0.25, 0.3) is 10.0 Å². The zero-order chi connectivity index (χ0) is 22.8. The molecular weight excluding hydrogens is 486 g/mol. The molecule has 3 aliphatic heterocycles. The molecule has 0 aromatic carbocycles. The lowest BCUT2D eigenvalue weighted by Gasteiger charge is -2.44. The lowest BCUT2D eigenvalue weighted by molar-refractivity contribution is -0.0743. The molecule has 1 amide bonds. The van der Waals surface area contributed by atoms with E-state index in [1.807, 2.05) is 0 Å². The summed E-state index contributed by atoms with van der Waals surface area (Å²) in [7, 11) is -3.80.